The first-order valence-corrected chi connectivity index (χ1v) is 4.40. The zero-order valence-corrected chi connectivity index (χ0v) is 6.99. The summed E-state index contributed by atoms with van der Waals surface area (Å²) in [6, 6.07) is 0.206. The monoisotopic (exact) mass is 162 g/mol. The van der Waals surface area contributed by atoms with E-state index in [-0.39, 0.29) is 11.9 Å². The average molecular weight is 162 g/mol. The van der Waals surface area contributed by atoms with Gasteiger partial charge in [0.05, 0.1) is 0 Å². The molecule has 1 unspecified atom stereocenters. The normalized spacial score (nSPS) is 13.0. The van der Waals surface area contributed by atoms with E-state index in [9.17, 15) is 4.79 Å². The van der Waals surface area contributed by atoms with E-state index in [1.54, 1.807) is 11.8 Å². The maximum atomic E-state index is 10.2. The Morgan fingerprint density at radius 3 is 2.70 bits per heavy atom. The highest BCUT2D eigenvalue weighted by molar-refractivity contribution is 7.99. The molecule has 10 heavy (non-hydrogen) atoms. The van der Waals surface area contributed by atoms with Crippen LogP contribution in [0.3, 0.4) is 0 Å². The Bertz CT molecular complexity index is 106. The summed E-state index contributed by atoms with van der Waals surface area (Å²) in [6.45, 7) is 1.94. The van der Waals surface area contributed by atoms with E-state index in [1.165, 1.54) is 0 Å². The SMILES string of the molecule is CC(N)CSCCC(N)=O. The van der Waals surface area contributed by atoms with Crippen molar-refractivity contribution in [2.24, 2.45) is 11.5 Å². The van der Waals surface area contributed by atoms with Gasteiger partial charge in [-0.2, -0.15) is 11.8 Å². The van der Waals surface area contributed by atoms with Crippen LogP contribution in [0.4, 0.5) is 0 Å². The molecule has 0 fully saturated rings. The van der Waals surface area contributed by atoms with Crippen LogP contribution in [0, 0.1) is 0 Å². The molecule has 0 saturated carbocycles. The predicted molar refractivity (Wildman–Crippen MR) is 44.8 cm³/mol. The minimum Gasteiger partial charge on any atom is -0.370 e. The lowest BCUT2D eigenvalue weighted by atomic mass is 10.4. The summed E-state index contributed by atoms with van der Waals surface area (Å²) in [5.74, 6) is 1.45. The van der Waals surface area contributed by atoms with Gasteiger partial charge in [0.25, 0.3) is 0 Å². The standard InChI is InChI=1S/C6H14N2OS/c1-5(7)4-10-3-2-6(8)9/h5H,2-4,7H2,1H3,(H2,8,9). The molecule has 0 radical (unpaired) electrons. The Balaban J connectivity index is 2.98. The lowest BCUT2D eigenvalue weighted by molar-refractivity contribution is -0.117. The molecule has 0 aliphatic rings. The van der Waals surface area contributed by atoms with Gasteiger partial charge in [0.15, 0.2) is 0 Å². The molecule has 0 aromatic rings. The van der Waals surface area contributed by atoms with Crippen molar-refractivity contribution in [1.82, 2.24) is 0 Å². The molecular formula is C6H14N2OS. The Hall–Kier alpha value is -0.220. The molecule has 0 aromatic heterocycles. The number of hydrogen-bond acceptors (Lipinski definition) is 3. The summed E-state index contributed by atoms with van der Waals surface area (Å²) < 4.78 is 0. The molecule has 1 atom stereocenters. The predicted octanol–water partition coefficient (Wildman–Crippen LogP) is -0.0578. The average Bonchev–Trinajstić information content (AvgIpc) is 1.79. The number of carbonyl (C=O) groups excluding carboxylic acids is 1. The Morgan fingerprint density at radius 2 is 2.30 bits per heavy atom. The second kappa shape index (κ2) is 5.56. The van der Waals surface area contributed by atoms with Crippen LogP contribution in [0.5, 0.6) is 0 Å². The summed E-state index contributed by atoms with van der Waals surface area (Å²) in [4.78, 5) is 10.2. The number of thioether (sulfide) groups is 1. The molecule has 0 saturated heterocycles. The van der Waals surface area contributed by atoms with Gasteiger partial charge >= 0.3 is 0 Å². The van der Waals surface area contributed by atoms with Gasteiger partial charge in [-0.1, -0.05) is 0 Å². The Labute approximate surface area is 65.5 Å². The van der Waals surface area contributed by atoms with Crippen molar-refractivity contribution in [2.75, 3.05) is 11.5 Å². The van der Waals surface area contributed by atoms with Crippen LogP contribution in [0.1, 0.15) is 13.3 Å². The van der Waals surface area contributed by atoms with Gasteiger partial charge in [-0.3, -0.25) is 4.79 Å². The second-order valence-electron chi connectivity index (χ2n) is 2.27. The van der Waals surface area contributed by atoms with Crippen molar-refractivity contribution >= 4 is 17.7 Å². The largest absolute Gasteiger partial charge is 0.370 e. The molecule has 60 valence electrons. The molecule has 0 aliphatic carbocycles. The summed E-state index contributed by atoms with van der Waals surface area (Å²) in [7, 11) is 0. The molecule has 0 spiro atoms. The molecule has 0 heterocycles. The van der Waals surface area contributed by atoms with Crippen molar-refractivity contribution in [1.29, 1.82) is 0 Å². The van der Waals surface area contributed by atoms with E-state index in [0.29, 0.717) is 6.42 Å². The summed E-state index contributed by atoms with van der Waals surface area (Å²) in [5.41, 5.74) is 10.4. The van der Waals surface area contributed by atoms with Crippen LogP contribution >= 0.6 is 11.8 Å². The van der Waals surface area contributed by atoms with Crippen LogP contribution in [0.2, 0.25) is 0 Å². The number of carbonyl (C=O) groups is 1. The maximum Gasteiger partial charge on any atom is 0.218 e. The summed E-state index contributed by atoms with van der Waals surface area (Å²) in [5, 5.41) is 0. The van der Waals surface area contributed by atoms with Gasteiger partial charge in [-0.05, 0) is 6.92 Å². The van der Waals surface area contributed by atoms with E-state index >= 15 is 0 Å². The van der Waals surface area contributed by atoms with Crippen molar-refractivity contribution in [3.05, 3.63) is 0 Å². The number of amides is 1. The smallest absolute Gasteiger partial charge is 0.218 e. The van der Waals surface area contributed by atoms with E-state index in [1.807, 2.05) is 6.92 Å². The van der Waals surface area contributed by atoms with Crippen molar-refractivity contribution in [3.8, 4) is 0 Å². The molecule has 1 amide bonds. The van der Waals surface area contributed by atoms with Crippen LogP contribution in [-0.2, 0) is 4.79 Å². The number of nitrogens with two attached hydrogens (primary N) is 2. The Morgan fingerprint density at radius 1 is 1.70 bits per heavy atom. The van der Waals surface area contributed by atoms with E-state index in [2.05, 4.69) is 0 Å². The topological polar surface area (TPSA) is 69.1 Å². The van der Waals surface area contributed by atoms with Crippen LogP contribution in [0.25, 0.3) is 0 Å². The fraction of sp³-hybridized carbons (Fsp3) is 0.833. The third kappa shape index (κ3) is 7.78. The quantitative estimate of drug-likeness (QED) is 0.556. The van der Waals surface area contributed by atoms with Crippen LogP contribution < -0.4 is 11.5 Å². The van der Waals surface area contributed by atoms with Gasteiger partial charge in [-0.15, -0.1) is 0 Å². The fourth-order valence-electron chi connectivity index (χ4n) is 0.442. The highest BCUT2D eigenvalue weighted by Crippen LogP contribution is 2.02. The van der Waals surface area contributed by atoms with Gasteiger partial charge in [0.2, 0.25) is 5.91 Å². The second-order valence-corrected chi connectivity index (χ2v) is 3.42. The molecule has 0 bridgehead atoms. The third-order valence-electron chi connectivity index (χ3n) is 0.874. The lowest BCUT2D eigenvalue weighted by Crippen LogP contribution is -2.18. The summed E-state index contributed by atoms with van der Waals surface area (Å²) in [6.07, 6.45) is 0.456. The molecule has 0 aliphatic heterocycles. The van der Waals surface area contributed by atoms with Gasteiger partial charge in [-0.25, -0.2) is 0 Å². The minimum absolute atomic E-state index is 0.206. The van der Waals surface area contributed by atoms with E-state index in [0.717, 1.165) is 11.5 Å². The molecule has 0 aromatic carbocycles. The molecular weight excluding hydrogens is 148 g/mol. The van der Waals surface area contributed by atoms with Gasteiger partial charge in [0, 0.05) is 24.0 Å². The van der Waals surface area contributed by atoms with Crippen molar-refractivity contribution in [2.45, 2.75) is 19.4 Å². The molecule has 3 nitrogen and oxygen atoms in total. The number of primary amides is 1. The first-order chi connectivity index (χ1) is 4.63. The highest BCUT2D eigenvalue weighted by atomic mass is 32.2. The molecule has 4 heteroatoms. The van der Waals surface area contributed by atoms with E-state index < -0.39 is 0 Å². The van der Waals surface area contributed by atoms with Crippen LogP contribution in [0.15, 0.2) is 0 Å². The first-order valence-electron chi connectivity index (χ1n) is 3.24. The first kappa shape index (κ1) is 9.78. The van der Waals surface area contributed by atoms with Gasteiger partial charge < -0.3 is 11.5 Å². The van der Waals surface area contributed by atoms with Gasteiger partial charge in [0.1, 0.15) is 0 Å². The molecule has 0 rings (SSSR count). The molecule has 4 N–H and O–H groups in total. The van der Waals surface area contributed by atoms with Crippen molar-refractivity contribution < 1.29 is 4.79 Å². The number of hydrogen-bond donors (Lipinski definition) is 2. The zero-order valence-electron chi connectivity index (χ0n) is 6.17. The third-order valence-corrected chi connectivity index (χ3v) is 2.13. The maximum absolute atomic E-state index is 10.2. The summed E-state index contributed by atoms with van der Waals surface area (Å²) >= 11 is 1.66. The van der Waals surface area contributed by atoms with Crippen LogP contribution in [-0.4, -0.2) is 23.5 Å². The number of rotatable bonds is 5. The Kier molecular flexibility index (Phi) is 5.43. The lowest BCUT2D eigenvalue weighted by Gasteiger charge is -2.02. The zero-order chi connectivity index (χ0) is 7.98. The van der Waals surface area contributed by atoms with Crippen molar-refractivity contribution in [3.63, 3.8) is 0 Å². The minimum atomic E-state index is -0.239. The fourth-order valence-corrected chi connectivity index (χ4v) is 1.33. The highest BCUT2D eigenvalue weighted by Gasteiger charge is 1.96. The van der Waals surface area contributed by atoms with E-state index in [4.69, 9.17) is 11.5 Å².